The molecular weight excluding hydrogens is 476 g/mol. The third kappa shape index (κ3) is 4.02. The van der Waals surface area contributed by atoms with Crippen molar-refractivity contribution in [3.05, 3.63) is 150 Å². The molecule has 1 aliphatic carbocycles. The first-order chi connectivity index (χ1) is 19.2. The molecule has 4 heteroatoms. The largest absolute Gasteiger partial charge is 0.302 e. The maximum Gasteiger partial charge on any atom is 0.145 e. The fourth-order valence-electron chi connectivity index (χ4n) is 5.61. The molecule has 1 aliphatic rings. The zero-order valence-electron chi connectivity index (χ0n) is 22.0. The van der Waals surface area contributed by atoms with Gasteiger partial charge in [-0.1, -0.05) is 90.5 Å². The second kappa shape index (κ2) is 9.41. The summed E-state index contributed by atoms with van der Waals surface area (Å²) < 4.78 is 4.43. The molecule has 1 atom stereocenters. The lowest BCUT2D eigenvalue weighted by molar-refractivity contribution is 0.894. The molecule has 0 fully saturated rings. The number of fused-ring (bicyclic) bond motifs is 2. The van der Waals surface area contributed by atoms with Crippen LogP contribution in [-0.4, -0.2) is 18.8 Å². The summed E-state index contributed by atoms with van der Waals surface area (Å²) in [5, 5.41) is 0. The minimum absolute atomic E-state index is 0.0194. The van der Waals surface area contributed by atoms with Crippen LogP contribution >= 0.6 is 0 Å². The van der Waals surface area contributed by atoms with Crippen LogP contribution in [0.15, 0.2) is 139 Å². The van der Waals surface area contributed by atoms with Crippen molar-refractivity contribution in [2.24, 2.45) is 0 Å². The first-order valence-corrected chi connectivity index (χ1v) is 13.3. The number of benzene rings is 2. The van der Waals surface area contributed by atoms with Gasteiger partial charge in [-0.2, -0.15) is 0 Å². The predicted molar refractivity (Wildman–Crippen MR) is 159 cm³/mol. The number of hydrogen-bond donors (Lipinski definition) is 0. The van der Waals surface area contributed by atoms with E-state index in [-0.39, 0.29) is 5.92 Å². The highest BCUT2D eigenvalue weighted by molar-refractivity contribution is 5.85. The van der Waals surface area contributed by atoms with Crippen molar-refractivity contribution in [3.63, 3.8) is 0 Å². The molecule has 6 aromatic rings. The van der Waals surface area contributed by atoms with Crippen LogP contribution in [0.2, 0.25) is 0 Å². The Morgan fingerprint density at radius 3 is 1.82 bits per heavy atom. The summed E-state index contributed by atoms with van der Waals surface area (Å²) in [4.78, 5) is 10.4. The average molecular weight is 505 g/mol. The molecule has 4 nitrogen and oxygen atoms in total. The lowest BCUT2D eigenvalue weighted by Gasteiger charge is -2.10. The van der Waals surface area contributed by atoms with Crippen LogP contribution < -0.4 is 0 Å². The molecule has 0 amide bonds. The number of pyridine rings is 2. The summed E-state index contributed by atoms with van der Waals surface area (Å²) in [5.74, 6) is 1.98. The van der Waals surface area contributed by atoms with Gasteiger partial charge >= 0.3 is 0 Å². The zero-order valence-corrected chi connectivity index (χ0v) is 22.0. The highest BCUT2D eigenvalue weighted by Gasteiger charge is 2.23. The van der Waals surface area contributed by atoms with E-state index in [4.69, 9.17) is 9.97 Å². The monoisotopic (exact) mass is 504 g/mol. The van der Waals surface area contributed by atoms with Crippen LogP contribution in [-0.2, 0) is 0 Å². The van der Waals surface area contributed by atoms with E-state index in [0.717, 1.165) is 50.8 Å². The number of nitrogens with zero attached hydrogens (tertiary/aromatic N) is 4. The molecular formula is C35H28N4. The highest BCUT2D eigenvalue weighted by Crippen LogP contribution is 2.36. The SMILES string of the molecule is CC1=CC(c2nc(-c3ccccc3)c3ccccn23)C=C(C)C(c2nc(-c3ccccc3)c3ccccn23)=C1. The van der Waals surface area contributed by atoms with Crippen molar-refractivity contribution < 1.29 is 0 Å². The van der Waals surface area contributed by atoms with Gasteiger partial charge in [0.1, 0.15) is 11.6 Å². The van der Waals surface area contributed by atoms with E-state index in [1.54, 1.807) is 0 Å². The Hall–Kier alpha value is -4.96. The lowest BCUT2D eigenvalue weighted by Crippen LogP contribution is -2.01. The standard InChI is InChI=1S/C35H28N4/c1-24-21-28(34-36-32(26-13-5-3-6-14-26)30-17-9-11-19-38(30)34)23-25(2)29(22-24)35-37-33(27-15-7-4-8-16-27)31-18-10-12-20-39(31)35/h3-23,28H,1-2H3. The van der Waals surface area contributed by atoms with Crippen molar-refractivity contribution in [1.29, 1.82) is 0 Å². The number of imidazole rings is 2. The van der Waals surface area contributed by atoms with Crippen LogP contribution in [0.1, 0.15) is 31.4 Å². The summed E-state index contributed by atoms with van der Waals surface area (Å²) >= 11 is 0. The van der Waals surface area contributed by atoms with E-state index >= 15 is 0 Å². The topological polar surface area (TPSA) is 34.6 Å². The van der Waals surface area contributed by atoms with Crippen LogP contribution in [0.5, 0.6) is 0 Å². The normalized spacial score (nSPS) is 15.6. The molecule has 0 saturated carbocycles. The molecule has 0 spiro atoms. The zero-order chi connectivity index (χ0) is 26.3. The Bertz CT molecular complexity index is 1920. The van der Waals surface area contributed by atoms with Crippen molar-refractivity contribution in [1.82, 2.24) is 18.8 Å². The Balaban J connectivity index is 1.36. The van der Waals surface area contributed by atoms with Crippen molar-refractivity contribution in [3.8, 4) is 22.5 Å². The van der Waals surface area contributed by atoms with Gasteiger partial charge in [0.05, 0.1) is 28.3 Å². The first-order valence-electron chi connectivity index (χ1n) is 13.3. The first kappa shape index (κ1) is 23.2. The minimum Gasteiger partial charge on any atom is -0.302 e. The summed E-state index contributed by atoms with van der Waals surface area (Å²) in [6.07, 6.45) is 11.1. The second-order valence-electron chi connectivity index (χ2n) is 10.1. The number of allylic oxidation sites excluding steroid dienone is 6. The third-order valence-corrected chi connectivity index (χ3v) is 7.43. The molecule has 0 N–H and O–H groups in total. The van der Waals surface area contributed by atoms with Gasteiger partial charge in [-0.25, -0.2) is 9.97 Å². The van der Waals surface area contributed by atoms with E-state index in [1.165, 1.54) is 11.1 Å². The average Bonchev–Trinajstić information content (AvgIpc) is 3.52. The van der Waals surface area contributed by atoms with Gasteiger partial charge in [0.25, 0.3) is 0 Å². The van der Waals surface area contributed by atoms with Crippen LogP contribution in [0, 0.1) is 0 Å². The Morgan fingerprint density at radius 2 is 1.15 bits per heavy atom. The molecule has 0 aliphatic heterocycles. The summed E-state index contributed by atoms with van der Waals surface area (Å²) in [5.41, 5.74) is 9.94. The quantitative estimate of drug-likeness (QED) is 0.242. The van der Waals surface area contributed by atoms with Gasteiger partial charge in [0.2, 0.25) is 0 Å². The Kier molecular flexibility index (Phi) is 5.59. The maximum absolute atomic E-state index is 5.22. The predicted octanol–water partition coefficient (Wildman–Crippen LogP) is 8.39. The molecule has 1 unspecified atom stereocenters. The molecule has 0 radical (unpaired) electrons. The van der Waals surface area contributed by atoms with Gasteiger partial charge in [-0.15, -0.1) is 0 Å². The summed E-state index contributed by atoms with van der Waals surface area (Å²) in [6.45, 7) is 4.35. The number of aromatic nitrogens is 4. The Morgan fingerprint density at radius 1 is 0.590 bits per heavy atom. The number of rotatable bonds is 4. The number of hydrogen-bond acceptors (Lipinski definition) is 2. The van der Waals surface area contributed by atoms with Gasteiger partial charge in [-0.3, -0.25) is 4.40 Å². The van der Waals surface area contributed by atoms with E-state index in [9.17, 15) is 0 Å². The summed E-state index contributed by atoms with van der Waals surface area (Å²) in [7, 11) is 0. The summed E-state index contributed by atoms with van der Waals surface area (Å²) in [6, 6.07) is 33.4. The van der Waals surface area contributed by atoms with E-state index < -0.39 is 0 Å². The molecule has 0 saturated heterocycles. The Labute approximate surface area is 227 Å². The second-order valence-corrected chi connectivity index (χ2v) is 10.1. The van der Waals surface area contributed by atoms with Gasteiger partial charge in [0, 0.05) is 29.1 Å². The molecule has 188 valence electrons. The van der Waals surface area contributed by atoms with Crippen molar-refractivity contribution >= 4 is 16.6 Å². The van der Waals surface area contributed by atoms with Crippen molar-refractivity contribution in [2.45, 2.75) is 19.8 Å². The van der Waals surface area contributed by atoms with Crippen LogP contribution in [0.25, 0.3) is 39.1 Å². The molecule has 4 aromatic heterocycles. The van der Waals surface area contributed by atoms with Gasteiger partial charge in [-0.05, 0) is 49.8 Å². The minimum atomic E-state index is 0.0194. The molecule has 7 rings (SSSR count). The van der Waals surface area contributed by atoms with E-state index in [0.29, 0.717) is 0 Å². The van der Waals surface area contributed by atoms with E-state index in [1.807, 2.05) is 12.1 Å². The van der Waals surface area contributed by atoms with Gasteiger partial charge < -0.3 is 4.40 Å². The third-order valence-electron chi connectivity index (χ3n) is 7.43. The highest BCUT2D eigenvalue weighted by atomic mass is 15.0. The smallest absolute Gasteiger partial charge is 0.145 e. The van der Waals surface area contributed by atoms with Crippen molar-refractivity contribution in [2.75, 3.05) is 0 Å². The fraction of sp³-hybridized carbons (Fsp3) is 0.0857. The van der Waals surface area contributed by atoms with Crippen LogP contribution in [0.3, 0.4) is 0 Å². The maximum atomic E-state index is 5.22. The van der Waals surface area contributed by atoms with Gasteiger partial charge in [0.15, 0.2) is 0 Å². The fourth-order valence-corrected chi connectivity index (χ4v) is 5.61. The lowest BCUT2D eigenvalue weighted by atomic mass is 10.0. The molecule has 2 aromatic carbocycles. The molecule has 0 bridgehead atoms. The van der Waals surface area contributed by atoms with E-state index in [2.05, 4.69) is 138 Å². The molecule has 4 heterocycles. The van der Waals surface area contributed by atoms with Crippen LogP contribution in [0.4, 0.5) is 0 Å². The molecule has 39 heavy (non-hydrogen) atoms.